The summed E-state index contributed by atoms with van der Waals surface area (Å²) in [5.74, 6) is 0.523. The van der Waals surface area contributed by atoms with E-state index in [1.165, 1.54) is 11.3 Å². The number of amides is 1. The summed E-state index contributed by atoms with van der Waals surface area (Å²) in [5.41, 5.74) is 2.43. The maximum Gasteiger partial charge on any atom is 0.257 e. The molecule has 0 aliphatic carbocycles. The maximum absolute atomic E-state index is 12.3. The molecular formula is C18H19N3O2S. The summed E-state index contributed by atoms with van der Waals surface area (Å²) in [6, 6.07) is 11.2. The molecule has 0 aliphatic rings. The molecule has 2 aromatic heterocycles. The fraction of sp³-hybridized carbons (Fsp3) is 0.222. The van der Waals surface area contributed by atoms with E-state index in [-0.39, 0.29) is 5.91 Å². The predicted molar refractivity (Wildman–Crippen MR) is 97.8 cm³/mol. The summed E-state index contributed by atoms with van der Waals surface area (Å²) in [6.45, 7) is 3.13. The highest BCUT2D eigenvalue weighted by molar-refractivity contribution is 7.14. The first-order valence-electron chi connectivity index (χ1n) is 7.79. The number of anilines is 2. The number of nitrogens with zero attached hydrogens (tertiary/aromatic N) is 2. The number of nitrogens with one attached hydrogen (secondary N) is 1. The van der Waals surface area contributed by atoms with Crippen LogP contribution in [0.3, 0.4) is 0 Å². The maximum atomic E-state index is 12.3. The minimum atomic E-state index is -0.167. The Morgan fingerprint density at radius 3 is 2.75 bits per heavy atom. The van der Waals surface area contributed by atoms with Gasteiger partial charge in [0.2, 0.25) is 0 Å². The molecule has 6 heteroatoms. The summed E-state index contributed by atoms with van der Waals surface area (Å²) in [7, 11) is 2.05. The van der Waals surface area contributed by atoms with Crippen LogP contribution in [-0.4, -0.2) is 24.5 Å². The zero-order valence-electron chi connectivity index (χ0n) is 13.7. The topological polar surface area (TPSA) is 58.4 Å². The van der Waals surface area contributed by atoms with Crippen molar-refractivity contribution >= 4 is 28.1 Å². The first-order chi connectivity index (χ1) is 11.7. The number of carbonyl (C=O) groups is 1. The number of furan rings is 1. The summed E-state index contributed by atoms with van der Waals surface area (Å²) in [6.07, 6.45) is 2.69. The van der Waals surface area contributed by atoms with Gasteiger partial charge >= 0.3 is 0 Å². The van der Waals surface area contributed by atoms with Gasteiger partial charge in [0.25, 0.3) is 5.91 Å². The molecule has 0 atom stereocenters. The van der Waals surface area contributed by atoms with E-state index in [2.05, 4.69) is 22.1 Å². The molecule has 0 unspecified atom stereocenters. The van der Waals surface area contributed by atoms with Gasteiger partial charge in [0, 0.05) is 30.2 Å². The van der Waals surface area contributed by atoms with Gasteiger partial charge in [-0.05, 0) is 42.8 Å². The van der Waals surface area contributed by atoms with Gasteiger partial charge in [-0.3, -0.25) is 10.1 Å². The SMILES string of the molecule is CCCN(C)c1ccc(C(=O)Nc2nc(-c3ccco3)cs2)cc1. The lowest BCUT2D eigenvalue weighted by atomic mass is 10.2. The molecule has 0 bridgehead atoms. The van der Waals surface area contributed by atoms with Crippen LogP contribution < -0.4 is 10.2 Å². The third kappa shape index (κ3) is 3.65. The van der Waals surface area contributed by atoms with E-state index in [1.807, 2.05) is 48.8 Å². The van der Waals surface area contributed by atoms with Crippen LogP contribution in [0.25, 0.3) is 11.5 Å². The smallest absolute Gasteiger partial charge is 0.257 e. The second kappa shape index (κ2) is 7.31. The molecule has 0 fully saturated rings. The third-order valence-electron chi connectivity index (χ3n) is 3.63. The summed E-state index contributed by atoms with van der Waals surface area (Å²) in [4.78, 5) is 18.9. The van der Waals surface area contributed by atoms with Crippen molar-refractivity contribution in [1.29, 1.82) is 0 Å². The Labute approximate surface area is 144 Å². The molecule has 0 radical (unpaired) electrons. The molecule has 1 aromatic carbocycles. The van der Waals surface area contributed by atoms with Crippen molar-refractivity contribution in [3.05, 3.63) is 53.6 Å². The van der Waals surface area contributed by atoms with Crippen LogP contribution in [0.1, 0.15) is 23.7 Å². The van der Waals surface area contributed by atoms with Crippen LogP contribution in [0, 0.1) is 0 Å². The molecule has 5 nitrogen and oxygen atoms in total. The molecule has 124 valence electrons. The molecule has 0 saturated heterocycles. The van der Waals surface area contributed by atoms with Gasteiger partial charge in [-0.15, -0.1) is 11.3 Å². The van der Waals surface area contributed by atoms with Crippen molar-refractivity contribution in [2.75, 3.05) is 23.8 Å². The molecule has 0 spiro atoms. The second-order valence-electron chi connectivity index (χ2n) is 5.44. The Balaban J connectivity index is 1.67. The first kappa shape index (κ1) is 16.3. The Hall–Kier alpha value is -2.60. The number of rotatable bonds is 6. The van der Waals surface area contributed by atoms with Crippen molar-refractivity contribution in [2.24, 2.45) is 0 Å². The van der Waals surface area contributed by atoms with Crippen LogP contribution in [0.2, 0.25) is 0 Å². The van der Waals surface area contributed by atoms with Crippen LogP contribution in [0.15, 0.2) is 52.5 Å². The minimum absolute atomic E-state index is 0.167. The zero-order chi connectivity index (χ0) is 16.9. The Kier molecular flexibility index (Phi) is 4.96. The highest BCUT2D eigenvalue weighted by atomic mass is 32.1. The van der Waals surface area contributed by atoms with Crippen molar-refractivity contribution < 1.29 is 9.21 Å². The lowest BCUT2D eigenvalue weighted by molar-refractivity contribution is 0.102. The van der Waals surface area contributed by atoms with Crippen molar-refractivity contribution in [3.8, 4) is 11.5 Å². The number of benzene rings is 1. The van der Waals surface area contributed by atoms with Crippen LogP contribution >= 0.6 is 11.3 Å². The van der Waals surface area contributed by atoms with E-state index in [9.17, 15) is 4.79 Å². The summed E-state index contributed by atoms with van der Waals surface area (Å²) in [5, 5.41) is 5.24. The third-order valence-corrected chi connectivity index (χ3v) is 4.39. The largest absolute Gasteiger partial charge is 0.463 e. The quantitative estimate of drug-likeness (QED) is 0.717. The van der Waals surface area contributed by atoms with Gasteiger partial charge in [-0.1, -0.05) is 6.92 Å². The van der Waals surface area contributed by atoms with E-state index in [1.54, 1.807) is 6.26 Å². The number of thiazole rings is 1. The zero-order valence-corrected chi connectivity index (χ0v) is 14.5. The van der Waals surface area contributed by atoms with Gasteiger partial charge in [0.15, 0.2) is 10.9 Å². The summed E-state index contributed by atoms with van der Waals surface area (Å²) < 4.78 is 5.30. The van der Waals surface area contributed by atoms with E-state index in [0.717, 1.165) is 24.3 Å². The number of hydrogen-bond donors (Lipinski definition) is 1. The molecule has 0 saturated carbocycles. The molecule has 3 aromatic rings. The average molecular weight is 341 g/mol. The highest BCUT2D eigenvalue weighted by Crippen LogP contribution is 2.25. The van der Waals surface area contributed by atoms with Crippen molar-refractivity contribution in [3.63, 3.8) is 0 Å². The van der Waals surface area contributed by atoms with E-state index < -0.39 is 0 Å². The lowest BCUT2D eigenvalue weighted by Crippen LogP contribution is -2.18. The fourth-order valence-electron chi connectivity index (χ4n) is 2.37. The van der Waals surface area contributed by atoms with E-state index in [4.69, 9.17) is 4.42 Å². The molecule has 3 rings (SSSR count). The van der Waals surface area contributed by atoms with E-state index >= 15 is 0 Å². The van der Waals surface area contributed by atoms with Crippen molar-refractivity contribution in [1.82, 2.24) is 4.98 Å². The number of hydrogen-bond acceptors (Lipinski definition) is 5. The molecule has 1 N–H and O–H groups in total. The average Bonchev–Trinajstić information content (AvgIpc) is 3.26. The molecule has 2 heterocycles. The standard InChI is InChI=1S/C18H19N3O2S/c1-3-10-21(2)14-8-6-13(7-9-14)17(22)20-18-19-15(12-24-18)16-5-4-11-23-16/h4-9,11-12H,3,10H2,1-2H3,(H,19,20,22). The van der Waals surface area contributed by atoms with E-state index in [0.29, 0.717) is 16.5 Å². The van der Waals surface area contributed by atoms with Crippen LogP contribution in [0.5, 0.6) is 0 Å². The van der Waals surface area contributed by atoms with Gasteiger partial charge < -0.3 is 9.32 Å². The van der Waals surface area contributed by atoms with Gasteiger partial charge in [0.1, 0.15) is 5.69 Å². The second-order valence-corrected chi connectivity index (χ2v) is 6.30. The summed E-state index contributed by atoms with van der Waals surface area (Å²) >= 11 is 1.37. The van der Waals surface area contributed by atoms with Gasteiger partial charge in [-0.2, -0.15) is 0 Å². The van der Waals surface area contributed by atoms with Crippen LogP contribution in [-0.2, 0) is 0 Å². The first-order valence-corrected chi connectivity index (χ1v) is 8.67. The predicted octanol–water partition coefficient (Wildman–Crippen LogP) is 4.50. The highest BCUT2D eigenvalue weighted by Gasteiger charge is 2.11. The lowest BCUT2D eigenvalue weighted by Gasteiger charge is -2.18. The van der Waals surface area contributed by atoms with Crippen molar-refractivity contribution in [2.45, 2.75) is 13.3 Å². The Bertz CT molecular complexity index is 794. The fourth-order valence-corrected chi connectivity index (χ4v) is 3.06. The minimum Gasteiger partial charge on any atom is -0.463 e. The molecule has 0 aliphatic heterocycles. The monoisotopic (exact) mass is 341 g/mol. The van der Waals surface area contributed by atoms with Gasteiger partial charge in [-0.25, -0.2) is 4.98 Å². The normalized spacial score (nSPS) is 10.6. The number of aromatic nitrogens is 1. The number of carbonyl (C=O) groups excluding carboxylic acids is 1. The van der Waals surface area contributed by atoms with Crippen LogP contribution in [0.4, 0.5) is 10.8 Å². The molecule has 1 amide bonds. The molecule has 24 heavy (non-hydrogen) atoms. The molecular weight excluding hydrogens is 322 g/mol. The van der Waals surface area contributed by atoms with Gasteiger partial charge in [0.05, 0.1) is 6.26 Å². The Morgan fingerprint density at radius 2 is 2.08 bits per heavy atom. The Morgan fingerprint density at radius 1 is 1.29 bits per heavy atom.